The van der Waals surface area contributed by atoms with E-state index in [-0.39, 0.29) is 5.91 Å². The maximum Gasteiger partial charge on any atom is 0.224 e. The standard InChI is InChI=1S/C28H31N3O4/c1-33-22-14-12-21(13-15-22)20-28(32)29-17-16-27-30-23-8-3-4-9-24(23)31(27)18-7-19-35-26-11-6-5-10-25(26)34-2/h3-6,8-15H,7,16-20H2,1-2H3,(H,29,32). The number of ether oxygens (including phenoxy) is 3. The second-order valence-electron chi connectivity index (χ2n) is 8.15. The van der Waals surface area contributed by atoms with Gasteiger partial charge in [0.2, 0.25) is 5.91 Å². The van der Waals surface area contributed by atoms with E-state index in [9.17, 15) is 4.79 Å². The van der Waals surface area contributed by atoms with E-state index in [0.717, 1.165) is 52.6 Å². The molecule has 1 N–H and O–H groups in total. The number of hydrogen-bond acceptors (Lipinski definition) is 5. The van der Waals surface area contributed by atoms with Crippen LogP contribution in [0.1, 0.15) is 17.8 Å². The molecule has 1 amide bonds. The first-order valence-electron chi connectivity index (χ1n) is 11.8. The van der Waals surface area contributed by atoms with Crippen LogP contribution >= 0.6 is 0 Å². The van der Waals surface area contributed by atoms with Crippen LogP contribution in [-0.4, -0.2) is 42.8 Å². The molecule has 3 aromatic carbocycles. The fourth-order valence-corrected chi connectivity index (χ4v) is 4.01. The van der Waals surface area contributed by atoms with Gasteiger partial charge in [0.25, 0.3) is 0 Å². The van der Waals surface area contributed by atoms with Crippen LogP contribution < -0.4 is 19.5 Å². The van der Waals surface area contributed by atoms with E-state index in [1.165, 1.54) is 0 Å². The van der Waals surface area contributed by atoms with E-state index >= 15 is 0 Å². The average Bonchev–Trinajstić information content (AvgIpc) is 3.24. The summed E-state index contributed by atoms with van der Waals surface area (Å²) < 4.78 is 18.7. The number of nitrogens with one attached hydrogen (secondary N) is 1. The fourth-order valence-electron chi connectivity index (χ4n) is 4.01. The van der Waals surface area contributed by atoms with Crippen molar-refractivity contribution in [1.82, 2.24) is 14.9 Å². The van der Waals surface area contributed by atoms with Gasteiger partial charge in [-0.05, 0) is 48.4 Å². The average molecular weight is 474 g/mol. The lowest BCUT2D eigenvalue weighted by Gasteiger charge is -2.12. The highest BCUT2D eigenvalue weighted by Gasteiger charge is 2.12. The largest absolute Gasteiger partial charge is 0.497 e. The Balaban J connectivity index is 1.33. The fraction of sp³-hybridized carbons (Fsp3) is 0.286. The molecule has 1 aromatic heterocycles. The Labute approximate surface area is 205 Å². The Morgan fingerprint density at radius 3 is 2.43 bits per heavy atom. The molecule has 182 valence electrons. The summed E-state index contributed by atoms with van der Waals surface area (Å²) in [6.45, 7) is 1.85. The quantitative estimate of drug-likeness (QED) is 0.308. The highest BCUT2D eigenvalue weighted by molar-refractivity contribution is 5.78. The van der Waals surface area contributed by atoms with Crippen LogP contribution in [0.3, 0.4) is 0 Å². The first kappa shape index (κ1) is 24.1. The number of nitrogens with zero attached hydrogens (tertiary/aromatic N) is 2. The summed E-state index contributed by atoms with van der Waals surface area (Å²) in [5, 5.41) is 3.02. The molecule has 0 aliphatic rings. The van der Waals surface area contributed by atoms with E-state index in [1.807, 2.05) is 66.7 Å². The Bertz CT molecular complexity index is 1250. The van der Waals surface area contributed by atoms with Gasteiger partial charge in [-0.2, -0.15) is 0 Å². The number of methoxy groups -OCH3 is 2. The molecule has 0 radical (unpaired) electrons. The van der Waals surface area contributed by atoms with Gasteiger partial charge >= 0.3 is 0 Å². The molecule has 0 spiro atoms. The zero-order valence-electron chi connectivity index (χ0n) is 20.2. The van der Waals surface area contributed by atoms with Gasteiger partial charge in [0.15, 0.2) is 11.5 Å². The van der Waals surface area contributed by atoms with Crippen LogP contribution in [0.25, 0.3) is 11.0 Å². The molecule has 0 unspecified atom stereocenters. The molecule has 0 fully saturated rings. The number of amides is 1. The number of hydrogen-bond donors (Lipinski definition) is 1. The van der Waals surface area contributed by atoms with Crippen molar-refractivity contribution in [3.8, 4) is 17.2 Å². The number of aryl methyl sites for hydroxylation is 1. The van der Waals surface area contributed by atoms with Gasteiger partial charge in [-0.3, -0.25) is 4.79 Å². The Morgan fingerprint density at radius 2 is 1.66 bits per heavy atom. The third kappa shape index (κ3) is 6.32. The van der Waals surface area contributed by atoms with Gasteiger partial charge < -0.3 is 24.1 Å². The van der Waals surface area contributed by atoms with Gasteiger partial charge in [0, 0.05) is 19.5 Å². The molecular weight excluding hydrogens is 442 g/mol. The summed E-state index contributed by atoms with van der Waals surface area (Å²) in [5.74, 6) is 3.19. The zero-order chi connectivity index (χ0) is 24.5. The first-order valence-corrected chi connectivity index (χ1v) is 11.8. The van der Waals surface area contributed by atoms with Gasteiger partial charge in [-0.15, -0.1) is 0 Å². The van der Waals surface area contributed by atoms with E-state index < -0.39 is 0 Å². The highest BCUT2D eigenvalue weighted by atomic mass is 16.5. The maximum atomic E-state index is 12.4. The molecule has 7 heteroatoms. The van der Waals surface area contributed by atoms with Crippen molar-refractivity contribution in [3.63, 3.8) is 0 Å². The normalized spacial score (nSPS) is 10.8. The summed E-state index contributed by atoms with van der Waals surface area (Å²) in [4.78, 5) is 17.2. The molecule has 35 heavy (non-hydrogen) atoms. The molecule has 0 saturated heterocycles. The SMILES string of the molecule is COc1ccc(CC(=O)NCCc2nc3ccccc3n2CCCOc2ccccc2OC)cc1. The number of fused-ring (bicyclic) bond motifs is 1. The molecule has 4 rings (SSSR count). The summed E-state index contributed by atoms with van der Waals surface area (Å²) in [7, 11) is 3.27. The van der Waals surface area contributed by atoms with Crippen LogP contribution in [0.4, 0.5) is 0 Å². The Kier molecular flexibility index (Phi) is 8.22. The lowest BCUT2D eigenvalue weighted by Crippen LogP contribution is -2.28. The van der Waals surface area contributed by atoms with Crippen molar-refractivity contribution in [1.29, 1.82) is 0 Å². The van der Waals surface area contributed by atoms with Crippen molar-refractivity contribution < 1.29 is 19.0 Å². The van der Waals surface area contributed by atoms with E-state index in [2.05, 4.69) is 16.0 Å². The van der Waals surface area contributed by atoms with Crippen molar-refractivity contribution in [3.05, 3.63) is 84.2 Å². The van der Waals surface area contributed by atoms with E-state index in [0.29, 0.717) is 26.0 Å². The number of aromatic nitrogens is 2. The van der Waals surface area contributed by atoms with Crippen LogP contribution in [0.15, 0.2) is 72.8 Å². The van der Waals surface area contributed by atoms with E-state index in [1.54, 1.807) is 14.2 Å². The van der Waals surface area contributed by atoms with Gasteiger partial charge in [0.1, 0.15) is 11.6 Å². The van der Waals surface area contributed by atoms with E-state index in [4.69, 9.17) is 19.2 Å². The third-order valence-electron chi connectivity index (χ3n) is 5.78. The van der Waals surface area contributed by atoms with Gasteiger partial charge in [-0.25, -0.2) is 4.98 Å². The number of rotatable bonds is 12. The van der Waals surface area contributed by atoms with Crippen LogP contribution in [-0.2, 0) is 24.2 Å². The molecule has 0 saturated carbocycles. The monoisotopic (exact) mass is 473 g/mol. The Morgan fingerprint density at radius 1 is 0.914 bits per heavy atom. The van der Waals surface area contributed by atoms with Crippen LogP contribution in [0.5, 0.6) is 17.2 Å². The second-order valence-corrected chi connectivity index (χ2v) is 8.15. The summed E-state index contributed by atoms with van der Waals surface area (Å²) in [6, 6.07) is 23.3. The smallest absolute Gasteiger partial charge is 0.224 e. The molecule has 7 nitrogen and oxygen atoms in total. The number of benzene rings is 3. The minimum atomic E-state index is -0.0111. The van der Waals surface area contributed by atoms with Crippen molar-refractivity contribution >= 4 is 16.9 Å². The minimum Gasteiger partial charge on any atom is -0.497 e. The zero-order valence-corrected chi connectivity index (χ0v) is 20.2. The first-order chi connectivity index (χ1) is 17.2. The number of carbonyl (C=O) groups excluding carboxylic acids is 1. The number of carbonyl (C=O) groups is 1. The van der Waals surface area contributed by atoms with Crippen molar-refractivity contribution in [2.75, 3.05) is 27.4 Å². The predicted molar refractivity (Wildman–Crippen MR) is 136 cm³/mol. The highest BCUT2D eigenvalue weighted by Crippen LogP contribution is 2.26. The van der Waals surface area contributed by atoms with Gasteiger partial charge in [-0.1, -0.05) is 36.4 Å². The summed E-state index contributed by atoms with van der Waals surface area (Å²) in [5.41, 5.74) is 2.99. The third-order valence-corrected chi connectivity index (χ3v) is 5.78. The molecule has 1 heterocycles. The summed E-state index contributed by atoms with van der Waals surface area (Å²) >= 11 is 0. The molecule has 0 aliphatic carbocycles. The molecule has 0 aliphatic heterocycles. The lowest BCUT2D eigenvalue weighted by molar-refractivity contribution is -0.120. The molecular formula is C28H31N3O4. The predicted octanol–water partition coefficient (Wildman–Crippen LogP) is 4.42. The van der Waals surface area contributed by atoms with Crippen molar-refractivity contribution in [2.45, 2.75) is 25.8 Å². The minimum absolute atomic E-state index is 0.0111. The van der Waals surface area contributed by atoms with Crippen LogP contribution in [0, 0.1) is 0 Å². The second kappa shape index (κ2) is 11.9. The maximum absolute atomic E-state index is 12.4. The van der Waals surface area contributed by atoms with Gasteiger partial charge in [0.05, 0.1) is 38.3 Å². The number of para-hydroxylation sites is 4. The van der Waals surface area contributed by atoms with Crippen LogP contribution in [0.2, 0.25) is 0 Å². The topological polar surface area (TPSA) is 74.6 Å². The molecule has 4 aromatic rings. The Hall–Kier alpha value is -4.00. The summed E-state index contributed by atoms with van der Waals surface area (Å²) in [6.07, 6.45) is 1.80. The molecule has 0 atom stereocenters. The number of imidazole rings is 1. The molecule has 0 bridgehead atoms. The van der Waals surface area contributed by atoms with Crippen molar-refractivity contribution in [2.24, 2.45) is 0 Å². The lowest BCUT2D eigenvalue weighted by atomic mass is 10.1.